The lowest BCUT2D eigenvalue weighted by molar-refractivity contribution is -0.167. The SMILES string of the molecule is CC/C=C\C/C=C\C/C=C\C/C=C\CCCCCCCCCCCCCCC(=O)OCC(COC(=O)CCCCCCCCCCCC)OC(=O)CCCCCCCCCCCCCCC/C=C\C/C=C\CCCCCCC. The lowest BCUT2D eigenvalue weighted by Gasteiger charge is -2.18. The summed E-state index contributed by atoms with van der Waals surface area (Å²) in [6.07, 6.45) is 86.4. The molecule has 0 aliphatic heterocycles. The van der Waals surface area contributed by atoms with Crippen LogP contribution in [0.4, 0.5) is 0 Å². The normalized spacial score (nSPS) is 12.5. The number of carbonyl (C=O) groups is 3. The molecule has 1 unspecified atom stereocenters. The van der Waals surface area contributed by atoms with E-state index in [9.17, 15) is 14.4 Å². The van der Waals surface area contributed by atoms with Crippen LogP contribution in [0.15, 0.2) is 72.9 Å². The first-order valence-electron chi connectivity index (χ1n) is 33.9. The zero-order chi connectivity index (χ0) is 56.4. The van der Waals surface area contributed by atoms with Gasteiger partial charge in [-0.3, -0.25) is 14.4 Å². The van der Waals surface area contributed by atoms with Crippen LogP contribution in [-0.4, -0.2) is 37.2 Å². The van der Waals surface area contributed by atoms with E-state index in [1.807, 2.05) is 0 Å². The molecule has 0 rings (SSSR count). The lowest BCUT2D eigenvalue weighted by atomic mass is 10.0. The van der Waals surface area contributed by atoms with Gasteiger partial charge in [0.1, 0.15) is 13.2 Å². The van der Waals surface area contributed by atoms with E-state index in [1.165, 1.54) is 218 Å². The molecule has 78 heavy (non-hydrogen) atoms. The zero-order valence-electron chi connectivity index (χ0n) is 51.9. The summed E-state index contributed by atoms with van der Waals surface area (Å²) >= 11 is 0. The standard InChI is InChI=1S/C72H128O6/c1-4-7-10-13-16-19-22-24-26-28-30-32-34-36-38-40-42-44-46-48-50-53-56-59-62-65-71(74)77-68-69(67-76-70(73)64-61-58-55-52-21-18-15-12-9-6-3)78-72(75)66-63-60-57-54-51-49-47-45-43-41-39-37-35-33-31-29-27-25-23-20-17-14-11-8-5-2/h7,10,16,19,23-26,29-32,69H,4-6,8-9,11-15,17-18,20-22,27-28,33-68H2,1-3H3/b10-7-,19-16-,25-23-,26-24-,31-29-,32-30-. The van der Waals surface area contributed by atoms with E-state index in [-0.39, 0.29) is 31.1 Å². The first-order chi connectivity index (χ1) is 38.5. The van der Waals surface area contributed by atoms with Gasteiger partial charge in [0, 0.05) is 19.3 Å². The summed E-state index contributed by atoms with van der Waals surface area (Å²) in [6, 6.07) is 0. The fraction of sp³-hybridized carbons (Fsp3) is 0.792. The van der Waals surface area contributed by atoms with E-state index in [4.69, 9.17) is 14.2 Å². The van der Waals surface area contributed by atoms with Gasteiger partial charge < -0.3 is 14.2 Å². The minimum absolute atomic E-state index is 0.0719. The van der Waals surface area contributed by atoms with Crippen LogP contribution < -0.4 is 0 Å². The number of carbonyl (C=O) groups excluding carboxylic acids is 3. The number of unbranched alkanes of at least 4 members (excludes halogenated alkanes) is 39. The molecule has 0 aromatic rings. The van der Waals surface area contributed by atoms with Crippen molar-refractivity contribution in [2.24, 2.45) is 0 Å². The van der Waals surface area contributed by atoms with Crippen molar-refractivity contribution in [2.45, 2.75) is 354 Å². The van der Waals surface area contributed by atoms with Crippen LogP contribution in [0.3, 0.4) is 0 Å². The Morgan fingerprint density at radius 2 is 0.500 bits per heavy atom. The second kappa shape index (κ2) is 66.4. The summed E-state index contributed by atoms with van der Waals surface area (Å²) in [5.41, 5.74) is 0. The molecule has 1 atom stereocenters. The number of rotatable bonds is 62. The molecule has 0 spiro atoms. The Hall–Kier alpha value is -3.15. The summed E-state index contributed by atoms with van der Waals surface area (Å²) in [7, 11) is 0. The van der Waals surface area contributed by atoms with Crippen LogP contribution in [0.2, 0.25) is 0 Å². The van der Waals surface area contributed by atoms with Gasteiger partial charge in [-0.2, -0.15) is 0 Å². The molecule has 0 fully saturated rings. The highest BCUT2D eigenvalue weighted by Gasteiger charge is 2.19. The number of esters is 3. The maximum Gasteiger partial charge on any atom is 0.306 e. The smallest absolute Gasteiger partial charge is 0.306 e. The predicted molar refractivity (Wildman–Crippen MR) is 339 cm³/mol. The molecule has 6 nitrogen and oxygen atoms in total. The van der Waals surface area contributed by atoms with Crippen molar-refractivity contribution in [3.05, 3.63) is 72.9 Å². The first kappa shape index (κ1) is 74.8. The molecule has 0 aromatic carbocycles. The average Bonchev–Trinajstić information content (AvgIpc) is 3.44. The zero-order valence-corrected chi connectivity index (χ0v) is 51.9. The molecule has 0 saturated carbocycles. The van der Waals surface area contributed by atoms with Crippen molar-refractivity contribution in [3.8, 4) is 0 Å². The number of allylic oxidation sites excluding steroid dienone is 12. The minimum atomic E-state index is -0.775. The Bertz CT molecular complexity index is 1440. The largest absolute Gasteiger partial charge is 0.462 e. The summed E-state index contributed by atoms with van der Waals surface area (Å²) in [5.74, 6) is -0.858. The van der Waals surface area contributed by atoms with Crippen LogP contribution >= 0.6 is 0 Å². The Labute approximate surface area is 484 Å². The second-order valence-electron chi connectivity index (χ2n) is 22.7. The van der Waals surface area contributed by atoms with Gasteiger partial charge in [-0.05, 0) is 89.9 Å². The highest BCUT2D eigenvalue weighted by Crippen LogP contribution is 2.17. The molecule has 0 radical (unpaired) electrons. The molecular weight excluding hydrogens is 961 g/mol. The van der Waals surface area contributed by atoms with E-state index >= 15 is 0 Å². The maximum absolute atomic E-state index is 12.9. The lowest BCUT2D eigenvalue weighted by Crippen LogP contribution is -2.30. The van der Waals surface area contributed by atoms with Crippen LogP contribution in [0.25, 0.3) is 0 Å². The van der Waals surface area contributed by atoms with Gasteiger partial charge >= 0.3 is 17.9 Å². The van der Waals surface area contributed by atoms with Crippen molar-refractivity contribution in [1.82, 2.24) is 0 Å². The molecule has 6 heteroatoms. The van der Waals surface area contributed by atoms with E-state index < -0.39 is 6.10 Å². The third-order valence-electron chi connectivity index (χ3n) is 14.9. The highest BCUT2D eigenvalue weighted by molar-refractivity contribution is 5.71. The highest BCUT2D eigenvalue weighted by atomic mass is 16.6. The summed E-state index contributed by atoms with van der Waals surface area (Å²) in [5, 5.41) is 0. The summed E-state index contributed by atoms with van der Waals surface area (Å²) in [4.78, 5) is 38.3. The van der Waals surface area contributed by atoms with Gasteiger partial charge in [-0.25, -0.2) is 0 Å². The minimum Gasteiger partial charge on any atom is -0.462 e. The average molecular weight is 1090 g/mol. The molecule has 0 bridgehead atoms. The van der Waals surface area contributed by atoms with Crippen LogP contribution in [0.5, 0.6) is 0 Å². The molecule has 0 N–H and O–H groups in total. The first-order valence-corrected chi connectivity index (χ1v) is 33.9. The molecule has 452 valence electrons. The summed E-state index contributed by atoms with van der Waals surface area (Å²) < 4.78 is 16.9. The van der Waals surface area contributed by atoms with Gasteiger partial charge in [0.05, 0.1) is 0 Å². The molecule has 0 aromatic heterocycles. The Kier molecular flexibility index (Phi) is 63.7. The molecule has 0 amide bonds. The van der Waals surface area contributed by atoms with Gasteiger partial charge in [0.2, 0.25) is 0 Å². The Balaban J connectivity index is 4.20. The fourth-order valence-electron chi connectivity index (χ4n) is 9.88. The maximum atomic E-state index is 12.9. The molecule has 0 saturated heterocycles. The van der Waals surface area contributed by atoms with Crippen molar-refractivity contribution in [1.29, 1.82) is 0 Å². The van der Waals surface area contributed by atoms with Crippen molar-refractivity contribution >= 4 is 17.9 Å². The van der Waals surface area contributed by atoms with Gasteiger partial charge in [-0.1, -0.05) is 312 Å². The Morgan fingerprint density at radius 3 is 0.782 bits per heavy atom. The number of ether oxygens (including phenoxy) is 3. The van der Waals surface area contributed by atoms with Gasteiger partial charge in [0.15, 0.2) is 6.10 Å². The quantitative estimate of drug-likeness (QED) is 0.0261. The number of hydrogen-bond acceptors (Lipinski definition) is 6. The topological polar surface area (TPSA) is 78.9 Å². The van der Waals surface area contributed by atoms with E-state index in [0.29, 0.717) is 19.3 Å². The van der Waals surface area contributed by atoms with Crippen molar-refractivity contribution in [2.75, 3.05) is 13.2 Å². The second-order valence-corrected chi connectivity index (χ2v) is 22.7. The summed E-state index contributed by atoms with van der Waals surface area (Å²) in [6.45, 7) is 6.55. The van der Waals surface area contributed by atoms with Crippen LogP contribution in [-0.2, 0) is 28.6 Å². The molecule has 0 aliphatic rings. The van der Waals surface area contributed by atoms with Crippen LogP contribution in [0.1, 0.15) is 348 Å². The van der Waals surface area contributed by atoms with Crippen molar-refractivity contribution < 1.29 is 28.6 Å². The third kappa shape index (κ3) is 63.7. The Morgan fingerprint density at radius 1 is 0.269 bits per heavy atom. The van der Waals surface area contributed by atoms with E-state index in [2.05, 4.69) is 93.7 Å². The molecular formula is C72H128O6. The molecule has 0 heterocycles. The number of hydrogen-bond donors (Lipinski definition) is 0. The van der Waals surface area contributed by atoms with Gasteiger partial charge in [-0.15, -0.1) is 0 Å². The van der Waals surface area contributed by atoms with Crippen LogP contribution in [0, 0.1) is 0 Å². The molecule has 0 aliphatic carbocycles. The van der Waals surface area contributed by atoms with E-state index in [0.717, 1.165) is 89.9 Å². The fourth-order valence-corrected chi connectivity index (χ4v) is 9.88. The van der Waals surface area contributed by atoms with Crippen molar-refractivity contribution in [3.63, 3.8) is 0 Å². The predicted octanol–water partition coefficient (Wildman–Crippen LogP) is 23.3. The van der Waals surface area contributed by atoms with E-state index in [1.54, 1.807) is 0 Å². The third-order valence-corrected chi connectivity index (χ3v) is 14.9. The van der Waals surface area contributed by atoms with Gasteiger partial charge in [0.25, 0.3) is 0 Å². The monoisotopic (exact) mass is 1090 g/mol.